The fourth-order valence-electron chi connectivity index (χ4n) is 3.83. The van der Waals surface area contributed by atoms with E-state index in [-0.39, 0.29) is 6.61 Å². The van der Waals surface area contributed by atoms with E-state index in [9.17, 15) is 8.42 Å². The van der Waals surface area contributed by atoms with Crippen molar-refractivity contribution in [1.82, 2.24) is 9.97 Å². The van der Waals surface area contributed by atoms with Crippen LogP contribution >= 0.6 is 0 Å². The van der Waals surface area contributed by atoms with E-state index >= 15 is 0 Å². The van der Waals surface area contributed by atoms with Gasteiger partial charge >= 0.3 is 0 Å². The van der Waals surface area contributed by atoms with E-state index in [2.05, 4.69) is 20.2 Å². The predicted octanol–water partition coefficient (Wildman–Crippen LogP) is 2.12. The number of hydrogen-bond donors (Lipinski definition) is 1. The molecule has 1 saturated carbocycles. The maximum Gasteiger partial charge on any atom is 0.222 e. The quantitative estimate of drug-likeness (QED) is 0.745. The minimum atomic E-state index is -3.48. The summed E-state index contributed by atoms with van der Waals surface area (Å²) in [5.74, 6) is 0.613. The Hall–Kier alpha value is -2.23. The molecule has 2 aliphatic heterocycles. The van der Waals surface area contributed by atoms with Crippen LogP contribution in [0.5, 0.6) is 0 Å². The molecular formula is C21H26N4O4S. The molecule has 30 heavy (non-hydrogen) atoms. The Kier molecular flexibility index (Phi) is 5.34. The Balaban J connectivity index is 1.51. The molecule has 1 N–H and O–H groups in total. The van der Waals surface area contributed by atoms with Crippen LogP contribution in [0.25, 0.3) is 11.1 Å². The molecule has 0 bridgehead atoms. The SMILES string of the molecule is O=S(=O)(c1cc(-c2cnc(NC3CC3)nc2)cc(N2CCOCC2)c1)C1CCOC1. The summed E-state index contributed by atoms with van der Waals surface area (Å²) in [6, 6.07) is 6.02. The van der Waals surface area contributed by atoms with Gasteiger partial charge in [-0.1, -0.05) is 0 Å². The fourth-order valence-corrected chi connectivity index (χ4v) is 5.47. The molecular weight excluding hydrogens is 404 g/mol. The van der Waals surface area contributed by atoms with E-state index in [1.807, 2.05) is 6.07 Å². The highest BCUT2D eigenvalue weighted by atomic mass is 32.2. The highest BCUT2D eigenvalue weighted by molar-refractivity contribution is 7.92. The van der Waals surface area contributed by atoms with Gasteiger partial charge in [0.25, 0.3) is 0 Å². The molecule has 1 aliphatic carbocycles. The van der Waals surface area contributed by atoms with Crippen LogP contribution in [0.15, 0.2) is 35.5 Å². The smallest absolute Gasteiger partial charge is 0.222 e. The molecule has 1 aromatic heterocycles. The highest BCUT2D eigenvalue weighted by Gasteiger charge is 2.32. The van der Waals surface area contributed by atoms with Crippen LogP contribution < -0.4 is 10.2 Å². The van der Waals surface area contributed by atoms with Gasteiger partial charge < -0.3 is 19.7 Å². The number of rotatable bonds is 6. The summed E-state index contributed by atoms with van der Waals surface area (Å²) in [6.07, 6.45) is 6.35. The highest BCUT2D eigenvalue weighted by Crippen LogP contribution is 2.32. The van der Waals surface area contributed by atoms with E-state index in [4.69, 9.17) is 9.47 Å². The van der Waals surface area contributed by atoms with Gasteiger partial charge in [0.1, 0.15) is 0 Å². The van der Waals surface area contributed by atoms with E-state index in [1.54, 1.807) is 24.5 Å². The van der Waals surface area contributed by atoms with Gasteiger partial charge in [0.05, 0.1) is 30.0 Å². The first kappa shape index (κ1) is 19.7. The van der Waals surface area contributed by atoms with Crippen molar-refractivity contribution in [1.29, 1.82) is 0 Å². The average Bonchev–Trinajstić information content (AvgIpc) is 3.41. The monoisotopic (exact) mass is 430 g/mol. The lowest BCUT2D eigenvalue weighted by molar-refractivity contribution is 0.122. The maximum absolute atomic E-state index is 13.3. The molecule has 1 atom stereocenters. The van der Waals surface area contributed by atoms with E-state index in [1.165, 1.54) is 0 Å². The lowest BCUT2D eigenvalue weighted by Crippen LogP contribution is -2.36. The first-order chi connectivity index (χ1) is 14.6. The van der Waals surface area contributed by atoms with Crippen molar-refractivity contribution in [3.05, 3.63) is 30.6 Å². The van der Waals surface area contributed by atoms with Gasteiger partial charge in [-0.25, -0.2) is 18.4 Å². The molecule has 8 nitrogen and oxygen atoms in total. The third-order valence-corrected chi connectivity index (χ3v) is 7.96. The summed E-state index contributed by atoms with van der Waals surface area (Å²) in [6.45, 7) is 3.47. The molecule has 3 fully saturated rings. The second-order valence-electron chi connectivity index (χ2n) is 8.06. The lowest BCUT2D eigenvalue weighted by atomic mass is 10.1. The number of sulfone groups is 1. The van der Waals surface area contributed by atoms with Crippen molar-refractivity contribution < 1.29 is 17.9 Å². The number of nitrogens with zero attached hydrogens (tertiary/aromatic N) is 3. The van der Waals surface area contributed by atoms with Gasteiger partial charge in [-0.3, -0.25) is 0 Å². The van der Waals surface area contributed by atoms with Crippen molar-refractivity contribution >= 4 is 21.5 Å². The van der Waals surface area contributed by atoms with Gasteiger partial charge in [0.2, 0.25) is 5.95 Å². The van der Waals surface area contributed by atoms with Crippen LogP contribution in [0.2, 0.25) is 0 Å². The minimum Gasteiger partial charge on any atom is -0.380 e. The fraction of sp³-hybridized carbons (Fsp3) is 0.524. The van der Waals surface area contributed by atoms with Gasteiger partial charge in [0, 0.05) is 49.4 Å². The molecule has 5 rings (SSSR count). The van der Waals surface area contributed by atoms with Crippen LogP contribution in [-0.4, -0.2) is 69.2 Å². The first-order valence-corrected chi connectivity index (χ1v) is 12.0. The number of ether oxygens (including phenoxy) is 2. The molecule has 1 unspecified atom stereocenters. The number of morpholine rings is 1. The lowest BCUT2D eigenvalue weighted by Gasteiger charge is -2.29. The third kappa shape index (κ3) is 4.14. The molecule has 2 saturated heterocycles. The van der Waals surface area contributed by atoms with Gasteiger partial charge in [-0.2, -0.15) is 0 Å². The topological polar surface area (TPSA) is 93.7 Å². The Morgan fingerprint density at radius 1 is 0.933 bits per heavy atom. The summed E-state index contributed by atoms with van der Waals surface area (Å²) in [4.78, 5) is 11.3. The van der Waals surface area contributed by atoms with Crippen molar-refractivity contribution in [2.75, 3.05) is 49.7 Å². The van der Waals surface area contributed by atoms with Crippen LogP contribution in [0, 0.1) is 0 Å². The summed E-state index contributed by atoms with van der Waals surface area (Å²) in [5.41, 5.74) is 2.48. The summed E-state index contributed by atoms with van der Waals surface area (Å²) >= 11 is 0. The third-order valence-electron chi connectivity index (χ3n) is 5.82. The second-order valence-corrected chi connectivity index (χ2v) is 10.3. The summed E-state index contributed by atoms with van der Waals surface area (Å²) < 4.78 is 37.3. The zero-order valence-corrected chi connectivity index (χ0v) is 17.6. The predicted molar refractivity (Wildman–Crippen MR) is 114 cm³/mol. The Labute approximate surface area is 176 Å². The molecule has 0 amide bonds. The van der Waals surface area contributed by atoms with Crippen LogP contribution in [0.4, 0.5) is 11.6 Å². The van der Waals surface area contributed by atoms with Crippen molar-refractivity contribution in [3.63, 3.8) is 0 Å². The molecule has 160 valence electrons. The van der Waals surface area contributed by atoms with E-state index in [0.717, 1.165) is 42.7 Å². The molecule has 1 aromatic carbocycles. The van der Waals surface area contributed by atoms with Gasteiger partial charge in [-0.05, 0) is 43.0 Å². The zero-order valence-electron chi connectivity index (χ0n) is 16.8. The second kappa shape index (κ2) is 8.13. The van der Waals surface area contributed by atoms with Crippen LogP contribution in [0.1, 0.15) is 19.3 Å². The molecule has 0 radical (unpaired) electrons. The number of anilines is 2. The molecule has 3 heterocycles. The number of nitrogens with one attached hydrogen (secondary N) is 1. The minimum absolute atomic E-state index is 0.254. The Bertz CT molecular complexity index is 996. The summed E-state index contributed by atoms with van der Waals surface area (Å²) in [7, 11) is -3.48. The molecule has 9 heteroatoms. The number of benzene rings is 1. The first-order valence-electron chi connectivity index (χ1n) is 10.5. The van der Waals surface area contributed by atoms with E-state index < -0.39 is 15.1 Å². The zero-order chi connectivity index (χ0) is 20.6. The molecule has 0 spiro atoms. The summed E-state index contributed by atoms with van der Waals surface area (Å²) in [5, 5.41) is 2.78. The van der Waals surface area contributed by atoms with Gasteiger partial charge in [0.15, 0.2) is 9.84 Å². The standard InChI is InChI=1S/C21H26N4O4S/c26-30(27,19-3-6-29-14-19)20-10-15(9-18(11-20)25-4-7-28-8-5-25)16-12-22-21(23-13-16)24-17-1-2-17/h9-13,17,19H,1-8,14H2,(H,22,23,24). The average molecular weight is 431 g/mol. The van der Waals surface area contributed by atoms with Crippen LogP contribution in [-0.2, 0) is 19.3 Å². The Morgan fingerprint density at radius 3 is 2.37 bits per heavy atom. The van der Waals surface area contributed by atoms with Crippen molar-refractivity contribution in [2.45, 2.75) is 35.4 Å². The number of hydrogen-bond acceptors (Lipinski definition) is 8. The van der Waals surface area contributed by atoms with Crippen molar-refractivity contribution in [3.8, 4) is 11.1 Å². The molecule has 3 aliphatic rings. The van der Waals surface area contributed by atoms with Crippen LogP contribution in [0.3, 0.4) is 0 Å². The van der Waals surface area contributed by atoms with Gasteiger partial charge in [-0.15, -0.1) is 0 Å². The normalized spacial score (nSPS) is 22.3. The molecule has 2 aromatic rings. The largest absolute Gasteiger partial charge is 0.380 e. The Morgan fingerprint density at radius 2 is 1.70 bits per heavy atom. The number of aromatic nitrogens is 2. The maximum atomic E-state index is 13.3. The van der Waals surface area contributed by atoms with E-state index in [0.29, 0.717) is 43.1 Å². The van der Waals surface area contributed by atoms with Crippen molar-refractivity contribution in [2.24, 2.45) is 0 Å².